The second-order valence-corrected chi connectivity index (χ2v) is 8.36. The van der Waals surface area contributed by atoms with E-state index in [1.807, 2.05) is 18.2 Å². The number of nitrogens with zero attached hydrogens (tertiary/aromatic N) is 1. The Kier molecular flexibility index (Phi) is 5.07. The predicted molar refractivity (Wildman–Crippen MR) is 105 cm³/mol. The van der Waals surface area contributed by atoms with Crippen molar-refractivity contribution in [2.24, 2.45) is 0 Å². The molecule has 0 saturated carbocycles. The second kappa shape index (κ2) is 7.61. The van der Waals surface area contributed by atoms with E-state index < -0.39 is 0 Å². The third-order valence-electron chi connectivity index (χ3n) is 5.31. The monoisotopic (exact) mass is 354 g/mol. The number of carbonyl (C=O) groups is 1. The van der Waals surface area contributed by atoms with Gasteiger partial charge in [-0.2, -0.15) is 0 Å². The first-order valence-corrected chi connectivity index (χ1v) is 10.3. The fraction of sp³-hybridized carbons (Fsp3) is 0.476. The second-order valence-electron chi connectivity index (χ2n) is 7.22. The van der Waals surface area contributed by atoms with Gasteiger partial charge in [0.25, 0.3) is 5.91 Å². The lowest BCUT2D eigenvalue weighted by Crippen LogP contribution is -2.44. The first kappa shape index (κ1) is 16.6. The van der Waals surface area contributed by atoms with Crippen LogP contribution in [-0.4, -0.2) is 29.9 Å². The lowest BCUT2D eigenvalue weighted by molar-refractivity contribution is 0.0719. The van der Waals surface area contributed by atoms with E-state index in [9.17, 15) is 4.79 Å². The first-order valence-electron chi connectivity index (χ1n) is 9.52. The molecule has 4 heteroatoms. The Balaban J connectivity index is 1.43. The Morgan fingerprint density at radius 3 is 2.80 bits per heavy atom. The van der Waals surface area contributed by atoms with Crippen LogP contribution in [0.15, 0.2) is 36.4 Å². The Morgan fingerprint density at radius 2 is 1.92 bits per heavy atom. The number of rotatable bonds is 3. The Morgan fingerprint density at radius 1 is 1.08 bits per heavy atom. The Bertz CT molecular complexity index is 701. The Hall–Kier alpha value is -1.81. The number of piperidine rings is 1. The molecule has 4 rings (SSSR count). The number of para-hydroxylation sites is 1. The van der Waals surface area contributed by atoms with Crippen molar-refractivity contribution in [1.82, 2.24) is 4.90 Å². The lowest BCUT2D eigenvalue weighted by atomic mass is 10.0. The van der Waals surface area contributed by atoms with Gasteiger partial charge in [0.1, 0.15) is 0 Å². The zero-order valence-corrected chi connectivity index (χ0v) is 15.5. The number of fused-ring (bicyclic) bond motifs is 1. The normalized spacial score (nSPS) is 20.6. The van der Waals surface area contributed by atoms with E-state index in [4.69, 9.17) is 0 Å². The van der Waals surface area contributed by atoms with Gasteiger partial charge in [-0.05, 0) is 62.3 Å². The molecule has 1 aromatic carbocycles. The van der Waals surface area contributed by atoms with Crippen LogP contribution >= 0.6 is 11.3 Å². The van der Waals surface area contributed by atoms with Crippen molar-refractivity contribution in [2.75, 3.05) is 18.4 Å². The molecule has 1 aliphatic carbocycles. The number of likely N-dealkylation sites (tertiary alicyclic amines) is 1. The fourth-order valence-corrected chi connectivity index (χ4v) is 5.20. The highest BCUT2D eigenvalue weighted by molar-refractivity contribution is 7.14. The number of thiophene rings is 1. The summed E-state index contributed by atoms with van der Waals surface area (Å²) in [6.07, 6.45) is 8.37. The molecule has 1 saturated heterocycles. The number of hydrogen-bond acceptors (Lipinski definition) is 3. The van der Waals surface area contributed by atoms with E-state index in [2.05, 4.69) is 28.4 Å². The van der Waals surface area contributed by atoms with Crippen LogP contribution < -0.4 is 5.32 Å². The third kappa shape index (κ3) is 3.90. The highest BCUT2D eigenvalue weighted by atomic mass is 32.1. The van der Waals surface area contributed by atoms with Crippen LogP contribution in [0, 0.1) is 0 Å². The lowest BCUT2D eigenvalue weighted by Gasteiger charge is -2.33. The standard InChI is InChI=1S/C21H26N2OS/c24-21(20-14-16-8-3-1-6-12-19(16)25-20)23-13-7-11-18(15-23)22-17-9-4-2-5-10-17/h2,4-5,9-10,14,18,22H,1,3,6-8,11-13,15H2/t18-/m0/s1. The minimum atomic E-state index is 0.234. The molecule has 0 spiro atoms. The summed E-state index contributed by atoms with van der Waals surface area (Å²) < 4.78 is 0. The van der Waals surface area contributed by atoms with Gasteiger partial charge in [-0.25, -0.2) is 0 Å². The van der Waals surface area contributed by atoms with Crippen LogP contribution in [0.3, 0.4) is 0 Å². The molecule has 0 unspecified atom stereocenters. The van der Waals surface area contributed by atoms with Crippen LogP contribution in [-0.2, 0) is 12.8 Å². The number of carbonyl (C=O) groups excluding carboxylic acids is 1. The van der Waals surface area contributed by atoms with E-state index >= 15 is 0 Å². The van der Waals surface area contributed by atoms with Crippen molar-refractivity contribution in [1.29, 1.82) is 0 Å². The van der Waals surface area contributed by atoms with Gasteiger partial charge in [0.05, 0.1) is 4.88 Å². The van der Waals surface area contributed by atoms with Crippen molar-refractivity contribution in [3.63, 3.8) is 0 Å². The summed E-state index contributed by atoms with van der Waals surface area (Å²) in [5, 5.41) is 3.58. The highest BCUT2D eigenvalue weighted by Gasteiger charge is 2.26. The van der Waals surface area contributed by atoms with Crippen molar-refractivity contribution >= 4 is 22.9 Å². The fourth-order valence-electron chi connectivity index (χ4n) is 3.98. The van der Waals surface area contributed by atoms with E-state index in [1.165, 1.54) is 29.7 Å². The van der Waals surface area contributed by atoms with E-state index in [0.717, 1.165) is 49.3 Å². The summed E-state index contributed by atoms with van der Waals surface area (Å²) in [5.41, 5.74) is 2.58. The van der Waals surface area contributed by atoms with E-state index in [0.29, 0.717) is 6.04 Å². The summed E-state index contributed by atoms with van der Waals surface area (Å²) in [4.78, 5) is 17.5. The Labute approximate surface area is 154 Å². The number of anilines is 1. The third-order valence-corrected chi connectivity index (χ3v) is 6.54. The topological polar surface area (TPSA) is 32.3 Å². The highest BCUT2D eigenvalue weighted by Crippen LogP contribution is 2.30. The molecular formula is C21H26N2OS. The van der Waals surface area contributed by atoms with E-state index in [1.54, 1.807) is 11.3 Å². The largest absolute Gasteiger partial charge is 0.381 e. The van der Waals surface area contributed by atoms with Gasteiger partial charge < -0.3 is 10.2 Å². The van der Waals surface area contributed by atoms with Crippen LogP contribution in [0.4, 0.5) is 5.69 Å². The van der Waals surface area contributed by atoms with Crippen molar-refractivity contribution in [3.8, 4) is 0 Å². The number of aryl methyl sites for hydroxylation is 2. The minimum absolute atomic E-state index is 0.234. The molecule has 2 aliphatic rings. The molecular weight excluding hydrogens is 328 g/mol. The van der Waals surface area contributed by atoms with Gasteiger partial charge in [-0.15, -0.1) is 11.3 Å². The van der Waals surface area contributed by atoms with Crippen LogP contribution in [0.1, 0.15) is 52.2 Å². The summed E-state index contributed by atoms with van der Waals surface area (Å²) in [6.45, 7) is 1.69. The summed E-state index contributed by atoms with van der Waals surface area (Å²) in [7, 11) is 0. The van der Waals surface area contributed by atoms with Gasteiger partial charge in [-0.1, -0.05) is 24.6 Å². The van der Waals surface area contributed by atoms with Crippen LogP contribution in [0.2, 0.25) is 0 Å². The van der Waals surface area contributed by atoms with Gasteiger partial charge in [0, 0.05) is 29.7 Å². The van der Waals surface area contributed by atoms with Gasteiger partial charge >= 0.3 is 0 Å². The van der Waals surface area contributed by atoms with Gasteiger partial charge in [0.15, 0.2) is 0 Å². The molecule has 1 aromatic heterocycles. The molecule has 1 fully saturated rings. The molecule has 0 bridgehead atoms. The molecule has 1 atom stereocenters. The molecule has 3 nitrogen and oxygen atoms in total. The number of hydrogen-bond donors (Lipinski definition) is 1. The van der Waals surface area contributed by atoms with Crippen LogP contribution in [0.25, 0.3) is 0 Å². The maximum atomic E-state index is 13.0. The maximum absolute atomic E-state index is 13.0. The zero-order chi connectivity index (χ0) is 17.1. The maximum Gasteiger partial charge on any atom is 0.264 e. The average Bonchev–Trinajstić information content (AvgIpc) is 2.93. The van der Waals surface area contributed by atoms with Crippen molar-refractivity contribution in [2.45, 2.75) is 51.0 Å². The molecule has 1 N–H and O–H groups in total. The summed E-state index contributed by atoms with van der Waals surface area (Å²) >= 11 is 1.74. The summed E-state index contributed by atoms with van der Waals surface area (Å²) in [6, 6.07) is 12.8. The molecule has 2 heterocycles. The number of benzene rings is 1. The van der Waals surface area contributed by atoms with E-state index in [-0.39, 0.29) is 5.91 Å². The SMILES string of the molecule is O=C(c1cc2c(s1)CCCCC2)N1CCC[C@H](Nc2ccccc2)C1. The summed E-state index contributed by atoms with van der Waals surface area (Å²) in [5.74, 6) is 0.234. The van der Waals surface area contributed by atoms with Gasteiger partial charge in [-0.3, -0.25) is 4.79 Å². The van der Waals surface area contributed by atoms with Crippen molar-refractivity contribution < 1.29 is 4.79 Å². The molecule has 2 aromatic rings. The first-order chi connectivity index (χ1) is 12.3. The quantitative estimate of drug-likeness (QED) is 0.808. The predicted octanol–water partition coefficient (Wildman–Crippen LogP) is 4.73. The van der Waals surface area contributed by atoms with Crippen molar-refractivity contribution in [3.05, 3.63) is 51.7 Å². The van der Waals surface area contributed by atoms with Gasteiger partial charge in [0.2, 0.25) is 0 Å². The zero-order valence-electron chi connectivity index (χ0n) is 14.7. The molecule has 1 aliphatic heterocycles. The number of amides is 1. The minimum Gasteiger partial charge on any atom is -0.381 e. The molecule has 25 heavy (non-hydrogen) atoms. The average molecular weight is 355 g/mol. The number of nitrogens with one attached hydrogen (secondary N) is 1. The molecule has 1 amide bonds. The van der Waals surface area contributed by atoms with Crippen LogP contribution in [0.5, 0.6) is 0 Å². The molecule has 132 valence electrons. The molecule has 0 radical (unpaired) electrons. The smallest absolute Gasteiger partial charge is 0.264 e.